The smallest absolute Gasteiger partial charge is 0.241 e. The van der Waals surface area contributed by atoms with E-state index in [-0.39, 0.29) is 0 Å². The van der Waals surface area contributed by atoms with Crippen molar-refractivity contribution in [2.75, 3.05) is 53.0 Å². The van der Waals surface area contributed by atoms with Crippen LogP contribution in [0.4, 0.5) is 0 Å². The third-order valence-electron chi connectivity index (χ3n) is 5.84. The van der Waals surface area contributed by atoms with E-state index in [0.29, 0.717) is 11.7 Å². The van der Waals surface area contributed by atoms with E-state index in [1.807, 2.05) is 24.3 Å². The normalized spacial score (nSPS) is 19.8. The minimum Gasteiger partial charge on any atom is -0.496 e. The molecule has 7 nitrogen and oxygen atoms in total. The number of hydrogen-bond donors (Lipinski definition) is 0. The van der Waals surface area contributed by atoms with Crippen LogP contribution in [0.25, 0.3) is 11.4 Å². The fraction of sp³-hybridized carbons (Fsp3) is 0.619. The summed E-state index contributed by atoms with van der Waals surface area (Å²) in [7, 11) is 1.66. The van der Waals surface area contributed by atoms with Crippen molar-refractivity contribution >= 4 is 0 Å². The molecule has 0 N–H and O–H groups in total. The molecule has 0 radical (unpaired) electrons. The lowest BCUT2D eigenvalue weighted by atomic mass is 9.93. The zero-order chi connectivity index (χ0) is 19.2. The number of benzene rings is 1. The Morgan fingerprint density at radius 1 is 1.07 bits per heavy atom. The lowest BCUT2D eigenvalue weighted by Crippen LogP contribution is -2.39. The van der Waals surface area contributed by atoms with E-state index in [9.17, 15) is 0 Å². The highest BCUT2D eigenvalue weighted by Gasteiger charge is 2.22. The van der Waals surface area contributed by atoms with E-state index < -0.39 is 0 Å². The first-order valence-corrected chi connectivity index (χ1v) is 10.3. The lowest BCUT2D eigenvalue weighted by molar-refractivity contribution is 0.0333. The van der Waals surface area contributed by atoms with Crippen LogP contribution in [0.5, 0.6) is 5.75 Å². The molecule has 1 aromatic carbocycles. The van der Waals surface area contributed by atoms with Gasteiger partial charge in [-0.1, -0.05) is 17.3 Å². The summed E-state index contributed by atoms with van der Waals surface area (Å²) < 4.78 is 16.3. The standard InChI is InChI=1S/C21H30N4O3/c1-26-19-5-3-2-4-18(19)21-22-20(28-23-21)16-25-10-7-17(8-11-25)6-9-24-12-14-27-15-13-24/h2-5,17H,6-16H2,1H3. The number of aromatic nitrogens is 2. The highest BCUT2D eigenvalue weighted by molar-refractivity contribution is 5.63. The van der Waals surface area contributed by atoms with Gasteiger partial charge in [0.25, 0.3) is 0 Å². The molecule has 0 atom stereocenters. The number of hydrogen-bond acceptors (Lipinski definition) is 7. The first kappa shape index (κ1) is 19.4. The first-order valence-electron chi connectivity index (χ1n) is 10.3. The van der Waals surface area contributed by atoms with E-state index in [2.05, 4.69) is 19.9 Å². The van der Waals surface area contributed by atoms with Gasteiger partial charge in [0.2, 0.25) is 11.7 Å². The van der Waals surface area contributed by atoms with Crippen LogP contribution in [0.15, 0.2) is 28.8 Å². The first-order chi connectivity index (χ1) is 13.8. The van der Waals surface area contributed by atoms with Gasteiger partial charge in [-0.25, -0.2) is 0 Å². The summed E-state index contributed by atoms with van der Waals surface area (Å²) >= 11 is 0. The second-order valence-corrected chi connectivity index (χ2v) is 7.67. The molecule has 2 saturated heterocycles. The summed E-state index contributed by atoms with van der Waals surface area (Å²) in [5, 5.41) is 4.15. The molecule has 1 aromatic heterocycles. The Morgan fingerprint density at radius 3 is 2.64 bits per heavy atom. The molecule has 0 aliphatic carbocycles. The number of methoxy groups -OCH3 is 1. The SMILES string of the molecule is COc1ccccc1-c1noc(CN2CCC(CCN3CCOCC3)CC2)n1. The largest absolute Gasteiger partial charge is 0.496 e. The van der Waals surface area contributed by atoms with E-state index >= 15 is 0 Å². The summed E-state index contributed by atoms with van der Waals surface area (Å²) in [6, 6.07) is 7.75. The highest BCUT2D eigenvalue weighted by Crippen LogP contribution is 2.28. The molecule has 28 heavy (non-hydrogen) atoms. The molecule has 2 aromatic rings. The molecule has 2 aliphatic rings. The Kier molecular flexibility index (Phi) is 6.57. The Bertz CT molecular complexity index is 737. The lowest BCUT2D eigenvalue weighted by Gasteiger charge is -2.33. The molecular formula is C21H30N4O3. The average Bonchev–Trinajstić information content (AvgIpc) is 3.22. The van der Waals surface area contributed by atoms with Crippen LogP contribution >= 0.6 is 0 Å². The Morgan fingerprint density at radius 2 is 1.86 bits per heavy atom. The molecule has 7 heteroatoms. The maximum atomic E-state index is 5.50. The average molecular weight is 386 g/mol. The van der Waals surface area contributed by atoms with E-state index in [1.54, 1.807) is 7.11 Å². The van der Waals surface area contributed by atoms with Gasteiger partial charge in [-0.3, -0.25) is 9.80 Å². The molecule has 2 fully saturated rings. The summed E-state index contributed by atoms with van der Waals surface area (Å²) in [4.78, 5) is 9.54. The van der Waals surface area contributed by atoms with Gasteiger partial charge in [0.05, 0.1) is 32.4 Å². The van der Waals surface area contributed by atoms with Crippen molar-refractivity contribution in [2.45, 2.75) is 25.8 Å². The number of para-hydroxylation sites is 1. The molecule has 0 bridgehead atoms. The van der Waals surface area contributed by atoms with Crippen LogP contribution in [0.3, 0.4) is 0 Å². The second-order valence-electron chi connectivity index (χ2n) is 7.67. The summed E-state index contributed by atoms with van der Waals surface area (Å²) in [6.07, 6.45) is 3.79. The third kappa shape index (κ3) is 4.90. The van der Waals surface area contributed by atoms with Gasteiger partial charge >= 0.3 is 0 Å². The Balaban J connectivity index is 1.24. The molecule has 3 heterocycles. The quantitative estimate of drug-likeness (QED) is 0.725. The number of piperidine rings is 1. The number of nitrogens with zero attached hydrogens (tertiary/aromatic N) is 4. The van der Waals surface area contributed by atoms with E-state index in [1.165, 1.54) is 25.8 Å². The molecule has 0 saturated carbocycles. The second kappa shape index (κ2) is 9.49. The number of ether oxygens (including phenoxy) is 2. The van der Waals surface area contributed by atoms with Gasteiger partial charge in [0.15, 0.2) is 0 Å². The molecule has 0 spiro atoms. The minimum atomic E-state index is 0.591. The zero-order valence-electron chi connectivity index (χ0n) is 16.7. The fourth-order valence-electron chi connectivity index (χ4n) is 4.07. The van der Waals surface area contributed by atoms with E-state index in [4.69, 9.17) is 14.0 Å². The van der Waals surface area contributed by atoms with Crippen molar-refractivity contribution in [3.8, 4) is 17.1 Å². The van der Waals surface area contributed by atoms with Crippen LogP contribution in [-0.4, -0.2) is 73.0 Å². The van der Waals surface area contributed by atoms with Gasteiger partial charge in [-0.05, 0) is 56.9 Å². The molecule has 152 valence electrons. The topological polar surface area (TPSA) is 63.9 Å². The van der Waals surface area contributed by atoms with Gasteiger partial charge in [-0.2, -0.15) is 4.98 Å². The molecule has 0 amide bonds. The van der Waals surface area contributed by atoms with Gasteiger partial charge in [0.1, 0.15) is 5.75 Å². The van der Waals surface area contributed by atoms with Crippen molar-refractivity contribution in [1.29, 1.82) is 0 Å². The Labute approximate surface area is 166 Å². The van der Waals surface area contributed by atoms with Crippen LogP contribution in [-0.2, 0) is 11.3 Å². The third-order valence-corrected chi connectivity index (χ3v) is 5.84. The number of rotatable bonds is 7. The van der Waals surface area contributed by atoms with Crippen LogP contribution in [0, 0.1) is 5.92 Å². The van der Waals surface area contributed by atoms with Crippen molar-refractivity contribution in [2.24, 2.45) is 5.92 Å². The van der Waals surface area contributed by atoms with Crippen molar-refractivity contribution in [3.63, 3.8) is 0 Å². The predicted molar refractivity (Wildman–Crippen MR) is 106 cm³/mol. The Hall–Kier alpha value is -1.96. The highest BCUT2D eigenvalue weighted by atomic mass is 16.5. The fourth-order valence-corrected chi connectivity index (χ4v) is 4.07. The maximum absolute atomic E-state index is 5.50. The summed E-state index contributed by atoms with van der Waals surface area (Å²) in [5.74, 6) is 2.85. The van der Waals surface area contributed by atoms with Crippen LogP contribution < -0.4 is 4.74 Å². The van der Waals surface area contributed by atoms with Gasteiger partial charge in [0, 0.05) is 13.1 Å². The summed E-state index contributed by atoms with van der Waals surface area (Å²) in [5.41, 5.74) is 0.863. The van der Waals surface area contributed by atoms with Crippen molar-refractivity contribution < 1.29 is 14.0 Å². The summed E-state index contributed by atoms with van der Waals surface area (Å²) in [6.45, 7) is 8.08. The number of likely N-dealkylation sites (tertiary alicyclic amines) is 1. The van der Waals surface area contributed by atoms with Gasteiger partial charge in [-0.15, -0.1) is 0 Å². The molecule has 0 unspecified atom stereocenters. The minimum absolute atomic E-state index is 0.591. The van der Waals surface area contributed by atoms with E-state index in [0.717, 1.165) is 63.2 Å². The zero-order valence-corrected chi connectivity index (χ0v) is 16.7. The number of morpholine rings is 1. The van der Waals surface area contributed by atoms with Crippen molar-refractivity contribution in [3.05, 3.63) is 30.2 Å². The van der Waals surface area contributed by atoms with Gasteiger partial charge < -0.3 is 14.0 Å². The monoisotopic (exact) mass is 386 g/mol. The predicted octanol–water partition coefficient (Wildman–Crippen LogP) is 2.68. The molecule has 4 rings (SSSR count). The van der Waals surface area contributed by atoms with Crippen LogP contribution in [0.1, 0.15) is 25.2 Å². The molecule has 2 aliphatic heterocycles. The van der Waals surface area contributed by atoms with Crippen LogP contribution in [0.2, 0.25) is 0 Å². The van der Waals surface area contributed by atoms with Crippen molar-refractivity contribution in [1.82, 2.24) is 19.9 Å². The molecular weight excluding hydrogens is 356 g/mol. The maximum Gasteiger partial charge on any atom is 0.241 e.